The van der Waals surface area contributed by atoms with Crippen LogP contribution in [0.4, 0.5) is 11.4 Å². The predicted octanol–water partition coefficient (Wildman–Crippen LogP) is 3.88. The topological polar surface area (TPSA) is 78.9 Å². The normalized spacial score (nSPS) is 19.1. The van der Waals surface area contributed by atoms with Gasteiger partial charge in [-0.05, 0) is 62.4 Å². The second-order valence-corrected chi connectivity index (χ2v) is 9.01. The summed E-state index contributed by atoms with van der Waals surface area (Å²) in [7, 11) is 1.82. The molecule has 1 aliphatic heterocycles. The van der Waals surface area contributed by atoms with Crippen LogP contribution < -0.4 is 11.0 Å². The van der Waals surface area contributed by atoms with Crippen LogP contribution >= 0.6 is 11.6 Å². The van der Waals surface area contributed by atoms with Crippen LogP contribution in [0.1, 0.15) is 31.2 Å². The SMILES string of the molecule is Cn1c(=O)n(CC2CCCN2CC2CC2)c2cc(Nc3ccnc(Cl)c3C#N)ccc21. The lowest BCUT2D eigenvalue weighted by Crippen LogP contribution is -2.37. The van der Waals surface area contributed by atoms with Crippen molar-refractivity contribution in [2.45, 2.75) is 38.3 Å². The number of hydrogen-bond donors (Lipinski definition) is 1. The zero-order valence-corrected chi connectivity index (χ0v) is 18.3. The van der Waals surface area contributed by atoms with E-state index < -0.39 is 0 Å². The Morgan fingerprint density at radius 3 is 2.84 bits per heavy atom. The Morgan fingerprint density at radius 2 is 2.06 bits per heavy atom. The number of pyridine rings is 1. The van der Waals surface area contributed by atoms with Crippen LogP contribution in [0.2, 0.25) is 5.15 Å². The number of anilines is 2. The molecule has 8 heteroatoms. The lowest BCUT2D eigenvalue weighted by molar-refractivity contribution is 0.223. The number of likely N-dealkylation sites (tertiary alicyclic amines) is 1. The first-order valence-corrected chi connectivity index (χ1v) is 11.2. The van der Waals surface area contributed by atoms with Gasteiger partial charge in [0.2, 0.25) is 0 Å². The molecule has 2 fully saturated rings. The highest BCUT2D eigenvalue weighted by Gasteiger charge is 2.31. The summed E-state index contributed by atoms with van der Waals surface area (Å²) in [5, 5.41) is 12.9. The molecule has 160 valence electrons. The molecule has 31 heavy (non-hydrogen) atoms. The van der Waals surface area contributed by atoms with Crippen molar-refractivity contribution in [1.82, 2.24) is 19.0 Å². The van der Waals surface area contributed by atoms with Gasteiger partial charge in [-0.25, -0.2) is 9.78 Å². The summed E-state index contributed by atoms with van der Waals surface area (Å²) < 4.78 is 3.62. The Bertz CT molecular complexity index is 1240. The van der Waals surface area contributed by atoms with Crippen molar-refractivity contribution in [3.63, 3.8) is 0 Å². The van der Waals surface area contributed by atoms with E-state index in [1.54, 1.807) is 16.8 Å². The molecule has 1 atom stereocenters. The molecule has 0 spiro atoms. The number of nitriles is 1. The molecular weight excluding hydrogens is 412 g/mol. The molecule has 0 amide bonds. The van der Waals surface area contributed by atoms with Gasteiger partial charge in [-0.2, -0.15) is 5.26 Å². The molecule has 1 aliphatic carbocycles. The fourth-order valence-corrected chi connectivity index (χ4v) is 4.85. The van der Waals surface area contributed by atoms with Gasteiger partial charge >= 0.3 is 5.69 Å². The number of fused-ring (bicyclic) bond motifs is 1. The van der Waals surface area contributed by atoms with Crippen molar-refractivity contribution in [3.05, 3.63) is 51.7 Å². The van der Waals surface area contributed by atoms with Crippen LogP contribution in [-0.4, -0.2) is 38.1 Å². The van der Waals surface area contributed by atoms with Crippen molar-refractivity contribution in [3.8, 4) is 6.07 Å². The van der Waals surface area contributed by atoms with Crippen molar-refractivity contribution in [1.29, 1.82) is 5.26 Å². The van der Waals surface area contributed by atoms with Crippen LogP contribution in [0.15, 0.2) is 35.3 Å². The number of aromatic nitrogens is 3. The van der Waals surface area contributed by atoms with Gasteiger partial charge in [0.25, 0.3) is 0 Å². The largest absolute Gasteiger partial charge is 0.354 e. The molecule has 5 rings (SSSR count). The van der Waals surface area contributed by atoms with Crippen LogP contribution in [0, 0.1) is 17.2 Å². The van der Waals surface area contributed by atoms with E-state index in [1.165, 1.54) is 19.3 Å². The van der Waals surface area contributed by atoms with Crippen molar-refractivity contribution < 1.29 is 0 Å². The van der Waals surface area contributed by atoms with E-state index in [9.17, 15) is 10.1 Å². The highest BCUT2D eigenvalue weighted by molar-refractivity contribution is 6.31. The highest BCUT2D eigenvalue weighted by Crippen LogP contribution is 2.33. The lowest BCUT2D eigenvalue weighted by Gasteiger charge is -2.24. The minimum atomic E-state index is 0.00934. The third-order valence-electron chi connectivity index (χ3n) is 6.52. The van der Waals surface area contributed by atoms with E-state index in [0.717, 1.165) is 42.1 Å². The monoisotopic (exact) mass is 436 g/mol. The van der Waals surface area contributed by atoms with E-state index in [4.69, 9.17) is 11.6 Å². The summed E-state index contributed by atoms with van der Waals surface area (Å²) in [5.41, 5.74) is 3.50. The number of rotatable bonds is 6. The quantitative estimate of drug-likeness (QED) is 0.593. The lowest BCUT2D eigenvalue weighted by atomic mass is 10.2. The standard InChI is InChI=1S/C23H25ClN6O/c1-28-20-7-6-16(27-19-8-9-26-22(24)18(19)12-25)11-21(20)30(23(28)31)14-17-3-2-10-29(17)13-15-4-5-15/h6-9,11,15,17H,2-5,10,13-14H2,1H3,(H,26,27). The fourth-order valence-electron chi connectivity index (χ4n) is 4.65. The molecule has 2 aromatic heterocycles. The first kappa shape index (κ1) is 20.1. The van der Waals surface area contributed by atoms with Crippen molar-refractivity contribution in [2.75, 3.05) is 18.4 Å². The molecular formula is C23H25ClN6O. The summed E-state index contributed by atoms with van der Waals surface area (Å²) in [5.74, 6) is 0.849. The van der Waals surface area contributed by atoms with E-state index in [2.05, 4.69) is 21.3 Å². The van der Waals surface area contributed by atoms with Gasteiger partial charge in [-0.3, -0.25) is 14.0 Å². The number of nitrogens with one attached hydrogen (secondary N) is 1. The Kier molecular flexibility index (Phi) is 5.20. The third kappa shape index (κ3) is 3.82. The van der Waals surface area contributed by atoms with Gasteiger partial charge in [-0.15, -0.1) is 0 Å². The molecule has 3 heterocycles. The van der Waals surface area contributed by atoms with Gasteiger partial charge in [0.1, 0.15) is 16.8 Å². The average Bonchev–Trinajstić information content (AvgIpc) is 3.43. The maximum absolute atomic E-state index is 13.1. The maximum atomic E-state index is 13.1. The molecule has 2 aliphatic rings. The van der Waals surface area contributed by atoms with Crippen LogP contribution in [0.3, 0.4) is 0 Å². The number of hydrogen-bond acceptors (Lipinski definition) is 5. The van der Waals surface area contributed by atoms with E-state index >= 15 is 0 Å². The van der Waals surface area contributed by atoms with E-state index in [0.29, 0.717) is 23.8 Å². The summed E-state index contributed by atoms with van der Waals surface area (Å²) >= 11 is 6.06. The number of benzene rings is 1. The minimum Gasteiger partial charge on any atom is -0.354 e. The summed E-state index contributed by atoms with van der Waals surface area (Å²) in [6.45, 7) is 3.00. The number of nitrogens with zero attached hydrogens (tertiary/aromatic N) is 5. The van der Waals surface area contributed by atoms with Crippen LogP contribution in [-0.2, 0) is 13.6 Å². The number of halogens is 1. The van der Waals surface area contributed by atoms with Gasteiger partial charge < -0.3 is 5.32 Å². The Hall–Kier alpha value is -2.82. The fraction of sp³-hybridized carbons (Fsp3) is 0.435. The van der Waals surface area contributed by atoms with Crippen molar-refractivity contribution in [2.24, 2.45) is 13.0 Å². The van der Waals surface area contributed by atoms with Crippen molar-refractivity contribution >= 4 is 34.0 Å². The molecule has 3 aromatic rings. The number of imidazole rings is 1. The molecule has 1 saturated carbocycles. The summed E-state index contributed by atoms with van der Waals surface area (Å²) in [4.78, 5) is 19.6. The van der Waals surface area contributed by atoms with Gasteiger partial charge in [-0.1, -0.05) is 11.6 Å². The molecule has 0 radical (unpaired) electrons. The molecule has 1 saturated heterocycles. The second kappa shape index (κ2) is 8.03. The molecule has 1 aromatic carbocycles. The first-order valence-electron chi connectivity index (χ1n) is 10.8. The summed E-state index contributed by atoms with van der Waals surface area (Å²) in [6, 6.07) is 10.1. The Morgan fingerprint density at radius 1 is 1.23 bits per heavy atom. The average molecular weight is 437 g/mol. The molecule has 7 nitrogen and oxygen atoms in total. The highest BCUT2D eigenvalue weighted by atomic mass is 35.5. The first-order chi connectivity index (χ1) is 15.0. The second-order valence-electron chi connectivity index (χ2n) is 8.65. The smallest absolute Gasteiger partial charge is 0.328 e. The summed E-state index contributed by atoms with van der Waals surface area (Å²) in [6.07, 6.45) is 6.58. The molecule has 1 unspecified atom stereocenters. The van der Waals surface area contributed by atoms with E-state index in [-0.39, 0.29) is 10.8 Å². The maximum Gasteiger partial charge on any atom is 0.328 e. The van der Waals surface area contributed by atoms with Gasteiger partial charge in [0, 0.05) is 38.1 Å². The predicted molar refractivity (Wildman–Crippen MR) is 122 cm³/mol. The zero-order chi connectivity index (χ0) is 21.5. The Labute approximate surface area is 185 Å². The van der Waals surface area contributed by atoms with E-state index in [1.807, 2.05) is 29.8 Å². The number of aryl methyl sites for hydroxylation is 1. The van der Waals surface area contributed by atoms with Gasteiger partial charge in [0.15, 0.2) is 0 Å². The molecule has 1 N–H and O–H groups in total. The van der Waals surface area contributed by atoms with Gasteiger partial charge in [0.05, 0.1) is 16.7 Å². The minimum absolute atomic E-state index is 0.00934. The zero-order valence-electron chi connectivity index (χ0n) is 17.5. The Balaban J connectivity index is 1.48. The molecule has 0 bridgehead atoms. The van der Waals surface area contributed by atoms with Crippen LogP contribution in [0.5, 0.6) is 0 Å². The van der Waals surface area contributed by atoms with Crippen LogP contribution in [0.25, 0.3) is 11.0 Å². The third-order valence-corrected chi connectivity index (χ3v) is 6.81.